The van der Waals surface area contributed by atoms with Gasteiger partial charge in [0.15, 0.2) is 0 Å². The zero-order valence-electron chi connectivity index (χ0n) is 17.9. The number of hydrogen-bond acceptors (Lipinski definition) is 1. The van der Waals surface area contributed by atoms with Crippen LogP contribution in [0.1, 0.15) is 55.2 Å². The van der Waals surface area contributed by atoms with Crippen molar-refractivity contribution < 1.29 is 4.57 Å². The van der Waals surface area contributed by atoms with E-state index in [0.29, 0.717) is 17.8 Å². The average Bonchev–Trinajstić information content (AvgIpc) is 2.75. The zero-order valence-corrected chi connectivity index (χ0v) is 18.8. The Morgan fingerprint density at radius 1 is 0.517 bits per heavy atom. The molecule has 2 heteroatoms. The van der Waals surface area contributed by atoms with E-state index in [9.17, 15) is 4.57 Å². The topological polar surface area (TPSA) is 17.1 Å². The maximum Gasteiger partial charge on any atom is 0.0895 e. The number of benzene rings is 3. The zero-order chi connectivity index (χ0) is 20.7. The van der Waals surface area contributed by atoms with Crippen molar-refractivity contribution in [3.63, 3.8) is 0 Å². The van der Waals surface area contributed by atoms with Crippen molar-refractivity contribution in [2.24, 2.45) is 0 Å². The van der Waals surface area contributed by atoms with E-state index in [1.54, 1.807) is 0 Å². The second kappa shape index (κ2) is 10.1. The van der Waals surface area contributed by atoms with Crippen LogP contribution >= 0.6 is 7.14 Å². The average molecular weight is 405 g/mol. The third kappa shape index (κ3) is 6.18. The molecule has 0 N–H and O–H groups in total. The van der Waals surface area contributed by atoms with E-state index in [0.717, 1.165) is 18.5 Å². The van der Waals surface area contributed by atoms with Crippen LogP contribution in [0.5, 0.6) is 0 Å². The van der Waals surface area contributed by atoms with Gasteiger partial charge in [-0.15, -0.1) is 0 Å². The summed E-state index contributed by atoms with van der Waals surface area (Å²) in [5, 5.41) is 0. The summed E-state index contributed by atoms with van der Waals surface area (Å²) < 4.78 is 14.4. The van der Waals surface area contributed by atoms with E-state index in [1.807, 2.05) is 18.2 Å². The summed E-state index contributed by atoms with van der Waals surface area (Å²) in [6.07, 6.45) is 2.31. The molecule has 152 valence electrons. The highest BCUT2D eigenvalue weighted by Crippen LogP contribution is 2.54. The highest BCUT2D eigenvalue weighted by atomic mass is 31.2. The third-order valence-electron chi connectivity index (χ3n) is 5.93. The van der Waals surface area contributed by atoms with Gasteiger partial charge in [-0.1, -0.05) is 112 Å². The Balaban J connectivity index is 1.82. The van der Waals surface area contributed by atoms with Gasteiger partial charge in [0.2, 0.25) is 0 Å². The number of rotatable bonds is 9. The van der Waals surface area contributed by atoms with E-state index >= 15 is 0 Å². The molecule has 1 nitrogen and oxygen atoms in total. The van der Waals surface area contributed by atoms with Crippen molar-refractivity contribution in [2.75, 3.05) is 18.5 Å². The van der Waals surface area contributed by atoms with Crippen molar-refractivity contribution in [1.82, 2.24) is 0 Å². The molecule has 0 saturated carbocycles. The van der Waals surface area contributed by atoms with Crippen LogP contribution in [0.25, 0.3) is 0 Å². The molecule has 0 heterocycles. The molecule has 0 saturated heterocycles. The van der Waals surface area contributed by atoms with Crippen LogP contribution in [0.15, 0.2) is 91.0 Å². The molecular weight excluding hydrogens is 371 g/mol. The van der Waals surface area contributed by atoms with Crippen LogP contribution in [-0.4, -0.2) is 18.5 Å². The van der Waals surface area contributed by atoms with Crippen LogP contribution in [0.2, 0.25) is 0 Å². The van der Waals surface area contributed by atoms with Crippen molar-refractivity contribution in [3.05, 3.63) is 108 Å². The quantitative estimate of drug-likeness (QED) is 0.333. The summed E-state index contributed by atoms with van der Waals surface area (Å²) in [5.74, 6) is 0.897. The first kappa shape index (κ1) is 21.6. The molecule has 0 aromatic heterocycles. The molecule has 0 bridgehead atoms. The number of hydrogen-bond donors (Lipinski definition) is 0. The fourth-order valence-electron chi connectivity index (χ4n) is 4.38. The molecule has 0 spiro atoms. The molecule has 0 aliphatic heterocycles. The van der Waals surface area contributed by atoms with Gasteiger partial charge < -0.3 is 4.57 Å². The van der Waals surface area contributed by atoms with E-state index < -0.39 is 7.14 Å². The summed E-state index contributed by atoms with van der Waals surface area (Å²) in [7, 11) is -2.38. The minimum Gasteiger partial charge on any atom is -0.323 e. The first-order chi connectivity index (χ1) is 14.0. The Labute approximate surface area is 176 Å². The van der Waals surface area contributed by atoms with Gasteiger partial charge in [0.05, 0.1) is 7.14 Å². The molecule has 3 aromatic rings. The lowest BCUT2D eigenvalue weighted by Crippen LogP contribution is -2.14. The van der Waals surface area contributed by atoms with Crippen LogP contribution in [0, 0.1) is 0 Å². The molecule has 3 atom stereocenters. The molecule has 0 amide bonds. The summed E-state index contributed by atoms with van der Waals surface area (Å²) in [6, 6.07) is 31.6. The normalized spacial score (nSPS) is 16.5. The van der Waals surface area contributed by atoms with Crippen molar-refractivity contribution >= 4 is 7.14 Å². The molecule has 0 fully saturated rings. The second-order valence-corrected chi connectivity index (χ2v) is 11.8. The van der Waals surface area contributed by atoms with E-state index in [4.69, 9.17) is 0 Å². The SMILES string of the molecule is CC(CP(=O)(CC(C)c1ccccc1)CC(C)c1ccccc1)c1ccccc1. The molecule has 3 rings (SSSR count). The molecular formula is C27H33OP. The largest absolute Gasteiger partial charge is 0.323 e. The molecule has 3 aromatic carbocycles. The Hall–Kier alpha value is -2.11. The van der Waals surface area contributed by atoms with Crippen molar-refractivity contribution in [3.8, 4) is 0 Å². The van der Waals surface area contributed by atoms with Crippen LogP contribution in [-0.2, 0) is 4.57 Å². The van der Waals surface area contributed by atoms with Crippen LogP contribution < -0.4 is 0 Å². The highest BCUT2D eigenvalue weighted by molar-refractivity contribution is 7.64. The summed E-state index contributed by atoms with van der Waals surface area (Å²) in [4.78, 5) is 0. The first-order valence-corrected chi connectivity index (χ1v) is 12.9. The Kier molecular flexibility index (Phi) is 7.51. The minimum atomic E-state index is -2.38. The molecule has 3 unspecified atom stereocenters. The van der Waals surface area contributed by atoms with Crippen molar-refractivity contribution in [2.45, 2.75) is 38.5 Å². The molecule has 29 heavy (non-hydrogen) atoms. The third-order valence-corrected chi connectivity index (χ3v) is 9.57. The van der Waals surface area contributed by atoms with Gasteiger partial charge in [-0.2, -0.15) is 0 Å². The molecule has 0 aliphatic carbocycles. The monoisotopic (exact) mass is 404 g/mol. The minimum absolute atomic E-state index is 0.299. The predicted molar refractivity (Wildman–Crippen MR) is 127 cm³/mol. The van der Waals surface area contributed by atoms with Gasteiger partial charge in [0.1, 0.15) is 0 Å². The van der Waals surface area contributed by atoms with Crippen LogP contribution in [0.4, 0.5) is 0 Å². The van der Waals surface area contributed by atoms with Gasteiger partial charge in [-0.05, 0) is 34.4 Å². The molecule has 0 radical (unpaired) electrons. The Morgan fingerprint density at radius 2 is 0.759 bits per heavy atom. The predicted octanol–water partition coefficient (Wildman–Crippen LogP) is 7.76. The van der Waals surface area contributed by atoms with Gasteiger partial charge in [-0.25, -0.2) is 0 Å². The lowest BCUT2D eigenvalue weighted by Gasteiger charge is -2.28. The fraction of sp³-hybridized carbons (Fsp3) is 0.333. The van der Waals surface area contributed by atoms with Crippen LogP contribution in [0.3, 0.4) is 0 Å². The van der Waals surface area contributed by atoms with E-state index in [2.05, 4.69) is 93.6 Å². The lowest BCUT2D eigenvalue weighted by molar-refractivity contribution is 0.562. The van der Waals surface area contributed by atoms with Gasteiger partial charge in [0, 0.05) is 18.5 Å². The Morgan fingerprint density at radius 3 is 1.00 bits per heavy atom. The standard InChI is InChI=1S/C27H33OP/c1-22(25-13-7-4-8-14-25)19-29(28,20-23(2)26-15-9-5-10-16-26)21-24(3)27-17-11-6-12-18-27/h4-18,22-24H,19-21H2,1-3H3. The first-order valence-electron chi connectivity index (χ1n) is 10.7. The van der Waals surface area contributed by atoms with E-state index in [1.165, 1.54) is 16.7 Å². The smallest absolute Gasteiger partial charge is 0.0895 e. The van der Waals surface area contributed by atoms with Gasteiger partial charge in [-0.3, -0.25) is 0 Å². The summed E-state index contributed by atoms with van der Waals surface area (Å²) >= 11 is 0. The fourth-order valence-corrected chi connectivity index (χ4v) is 8.46. The highest BCUT2D eigenvalue weighted by Gasteiger charge is 2.30. The van der Waals surface area contributed by atoms with Crippen molar-refractivity contribution in [1.29, 1.82) is 0 Å². The maximum atomic E-state index is 14.4. The van der Waals surface area contributed by atoms with Gasteiger partial charge in [0.25, 0.3) is 0 Å². The van der Waals surface area contributed by atoms with Gasteiger partial charge >= 0.3 is 0 Å². The summed E-state index contributed by atoms with van der Waals surface area (Å²) in [6.45, 7) is 6.67. The maximum absolute atomic E-state index is 14.4. The molecule has 0 aliphatic rings. The summed E-state index contributed by atoms with van der Waals surface area (Å²) in [5.41, 5.74) is 3.85. The second-order valence-electron chi connectivity index (χ2n) is 8.54. The van der Waals surface area contributed by atoms with E-state index in [-0.39, 0.29) is 0 Å². The lowest BCUT2D eigenvalue weighted by atomic mass is 10.0. The Bertz CT molecular complexity index is 783.